The third-order valence-electron chi connectivity index (χ3n) is 4.95. The molecule has 0 atom stereocenters. The summed E-state index contributed by atoms with van der Waals surface area (Å²) in [5.74, 6) is -0.157. The Labute approximate surface area is 187 Å². The molecular weight excluding hydrogens is 407 g/mol. The van der Waals surface area contributed by atoms with Crippen LogP contribution in [0.3, 0.4) is 0 Å². The van der Waals surface area contributed by atoms with E-state index in [0.717, 1.165) is 22.5 Å². The lowest BCUT2D eigenvalue weighted by atomic mass is 9.98. The number of urea groups is 1. The minimum atomic E-state index is -1.73. The molecule has 0 radical (unpaired) electrons. The van der Waals surface area contributed by atoms with E-state index in [0.29, 0.717) is 17.8 Å². The first kappa shape index (κ1) is 22.8. The minimum Gasteiger partial charge on any atom is -0.508 e. The fourth-order valence-corrected chi connectivity index (χ4v) is 3.20. The molecule has 0 saturated carbocycles. The van der Waals surface area contributed by atoms with E-state index in [9.17, 15) is 14.3 Å². The van der Waals surface area contributed by atoms with Crippen LogP contribution in [-0.4, -0.2) is 23.2 Å². The molecule has 0 aliphatic carbocycles. The molecular formula is C25H27FN4O2. The van der Waals surface area contributed by atoms with Gasteiger partial charge in [0.2, 0.25) is 0 Å². The summed E-state index contributed by atoms with van der Waals surface area (Å²) in [6, 6.07) is 15.3. The lowest BCUT2D eigenvalue weighted by molar-refractivity contribution is 0.215. The van der Waals surface area contributed by atoms with Crippen LogP contribution in [0, 0.1) is 0 Å². The van der Waals surface area contributed by atoms with Crippen molar-refractivity contribution in [2.45, 2.75) is 25.9 Å². The Bertz CT molecular complexity index is 1120. The number of hydrogen-bond acceptors (Lipinski definition) is 4. The number of phenols is 1. The molecule has 7 heteroatoms. The summed E-state index contributed by atoms with van der Waals surface area (Å²) in [5.41, 5.74) is 3.12. The van der Waals surface area contributed by atoms with Gasteiger partial charge in [-0.25, -0.2) is 9.18 Å². The SMILES string of the molecule is C=C(NC)c1cc(Cc2ccc(NC(=O)Nc3ccc(O)c(C(C)(C)F)c3)cc2)ccn1. The van der Waals surface area contributed by atoms with Crippen LogP contribution in [0.25, 0.3) is 5.70 Å². The summed E-state index contributed by atoms with van der Waals surface area (Å²) in [6.07, 6.45) is 2.47. The van der Waals surface area contributed by atoms with Gasteiger partial charge in [0.15, 0.2) is 0 Å². The van der Waals surface area contributed by atoms with E-state index < -0.39 is 11.7 Å². The second kappa shape index (κ2) is 9.51. The number of pyridine rings is 1. The molecule has 6 nitrogen and oxygen atoms in total. The second-order valence-corrected chi connectivity index (χ2v) is 7.94. The Morgan fingerprint density at radius 3 is 2.34 bits per heavy atom. The summed E-state index contributed by atoms with van der Waals surface area (Å²) in [6.45, 7) is 6.62. The fraction of sp³-hybridized carbons (Fsp3) is 0.200. The van der Waals surface area contributed by atoms with E-state index in [2.05, 4.69) is 27.5 Å². The fourth-order valence-electron chi connectivity index (χ4n) is 3.20. The zero-order valence-electron chi connectivity index (χ0n) is 18.4. The highest BCUT2D eigenvalue weighted by Crippen LogP contribution is 2.34. The van der Waals surface area contributed by atoms with Crippen molar-refractivity contribution in [2.75, 3.05) is 17.7 Å². The number of carbonyl (C=O) groups is 1. The summed E-state index contributed by atoms with van der Waals surface area (Å²) in [5, 5.41) is 18.2. The number of benzene rings is 2. The first-order valence-electron chi connectivity index (χ1n) is 10.2. The highest BCUT2D eigenvalue weighted by atomic mass is 19.1. The van der Waals surface area contributed by atoms with Crippen molar-refractivity contribution < 1.29 is 14.3 Å². The van der Waals surface area contributed by atoms with E-state index in [1.807, 2.05) is 36.4 Å². The monoisotopic (exact) mass is 434 g/mol. The van der Waals surface area contributed by atoms with E-state index in [4.69, 9.17) is 0 Å². The van der Waals surface area contributed by atoms with Crippen molar-refractivity contribution >= 4 is 23.1 Å². The van der Waals surface area contributed by atoms with Gasteiger partial charge >= 0.3 is 6.03 Å². The number of rotatable bonds is 7. The molecule has 0 aliphatic rings. The van der Waals surface area contributed by atoms with Gasteiger partial charge in [-0.3, -0.25) is 4.98 Å². The van der Waals surface area contributed by atoms with Crippen LogP contribution in [0.4, 0.5) is 20.6 Å². The molecule has 2 aromatic carbocycles. The number of carbonyl (C=O) groups excluding carboxylic acids is 1. The van der Waals surface area contributed by atoms with E-state index in [1.165, 1.54) is 32.0 Å². The average molecular weight is 435 g/mol. The summed E-state index contributed by atoms with van der Waals surface area (Å²) in [7, 11) is 1.81. The molecule has 0 aliphatic heterocycles. The van der Waals surface area contributed by atoms with E-state index in [-0.39, 0.29) is 11.3 Å². The van der Waals surface area contributed by atoms with Crippen molar-refractivity contribution in [3.8, 4) is 5.75 Å². The molecule has 166 valence electrons. The number of nitrogens with zero attached hydrogens (tertiary/aromatic N) is 1. The molecule has 0 saturated heterocycles. The van der Waals surface area contributed by atoms with E-state index in [1.54, 1.807) is 13.2 Å². The van der Waals surface area contributed by atoms with E-state index >= 15 is 0 Å². The number of alkyl halides is 1. The number of nitrogens with one attached hydrogen (secondary N) is 3. The third-order valence-corrected chi connectivity index (χ3v) is 4.95. The van der Waals surface area contributed by atoms with Crippen molar-refractivity contribution in [3.63, 3.8) is 0 Å². The van der Waals surface area contributed by atoms with Crippen molar-refractivity contribution in [1.29, 1.82) is 0 Å². The Morgan fingerprint density at radius 1 is 1.03 bits per heavy atom. The highest BCUT2D eigenvalue weighted by Gasteiger charge is 2.23. The Kier molecular flexibility index (Phi) is 6.78. The van der Waals surface area contributed by atoms with Gasteiger partial charge in [0.05, 0.1) is 11.4 Å². The summed E-state index contributed by atoms with van der Waals surface area (Å²) < 4.78 is 14.2. The van der Waals surface area contributed by atoms with Gasteiger partial charge in [0.1, 0.15) is 11.4 Å². The van der Waals surface area contributed by atoms with Crippen LogP contribution in [0.15, 0.2) is 67.4 Å². The molecule has 3 rings (SSSR count). The normalized spacial score (nSPS) is 11.0. The Balaban J connectivity index is 1.62. The maximum atomic E-state index is 14.2. The Hall–Kier alpha value is -3.87. The van der Waals surface area contributed by atoms with Gasteiger partial charge < -0.3 is 21.1 Å². The largest absolute Gasteiger partial charge is 0.508 e. The van der Waals surface area contributed by atoms with Crippen LogP contribution in [0.5, 0.6) is 5.75 Å². The van der Waals surface area contributed by atoms with Crippen LogP contribution in [-0.2, 0) is 12.1 Å². The smallest absolute Gasteiger partial charge is 0.323 e. The average Bonchev–Trinajstić information content (AvgIpc) is 2.75. The maximum absolute atomic E-state index is 14.2. The molecule has 32 heavy (non-hydrogen) atoms. The lowest BCUT2D eigenvalue weighted by Crippen LogP contribution is -2.20. The highest BCUT2D eigenvalue weighted by molar-refractivity contribution is 5.99. The van der Waals surface area contributed by atoms with Crippen LogP contribution < -0.4 is 16.0 Å². The maximum Gasteiger partial charge on any atom is 0.323 e. The molecule has 0 unspecified atom stereocenters. The van der Waals surface area contributed by atoms with Crippen molar-refractivity contribution in [3.05, 3.63) is 89.8 Å². The topological polar surface area (TPSA) is 86.3 Å². The van der Waals surface area contributed by atoms with Crippen LogP contribution >= 0.6 is 0 Å². The lowest BCUT2D eigenvalue weighted by Gasteiger charge is -2.17. The van der Waals surface area contributed by atoms with Gasteiger partial charge in [-0.05, 0) is 73.9 Å². The standard InChI is InChI=1S/C25H27FN4O2/c1-16(27-4)22-14-18(11-12-28-22)13-17-5-7-19(8-6-17)29-24(32)30-20-9-10-23(31)21(15-20)25(2,3)26/h5-12,14-15,27,31H,1,13H2,2-4H3,(H2,29,30,32). The van der Waals surface area contributed by atoms with Crippen molar-refractivity contribution in [1.82, 2.24) is 10.3 Å². The van der Waals surface area contributed by atoms with Crippen LogP contribution in [0.2, 0.25) is 0 Å². The molecule has 4 N–H and O–H groups in total. The predicted molar refractivity (Wildman–Crippen MR) is 126 cm³/mol. The molecule has 0 bridgehead atoms. The van der Waals surface area contributed by atoms with Crippen molar-refractivity contribution in [2.24, 2.45) is 0 Å². The van der Waals surface area contributed by atoms with Gasteiger partial charge in [0.25, 0.3) is 0 Å². The predicted octanol–water partition coefficient (Wildman–Crippen LogP) is 5.42. The zero-order chi connectivity index (χ0) is 23.3. The zero-order valence-corrected chi connectivity index (χ0v) is 18.4. The molecule has 1 aromatic heterocycles. The number of phenolic OH excluding ortho intramolecular Hbond substituents is 1. The molecule has 0 spiro atoms. The first-order chi connectivity index (χ1) is 15.2. The summed E-state index contributed by atoms with van der Waals surface area (Å²) in [4.78, 5) is 16.6. The first-order valence-corrected chi connectivity index (χ1v) is 10.2. The second-order valence-electron chi connectivity index (χ2n) is 7.94. The molecule has 3 aromatic rings. The Morgan fingerprint density at radius 2 is 1.69 bits per heavy atom. The molecule has 0 fully saturated rings. The summed E-state index contributed by atoms with van der Waals surface area (Å²) >= 11 is 0. The molecule has 1 heterocycles. The quantitative estimate of drug-likeness (QED) is 0.374. The molecule has 2 amide bonds. The number of aromatic hydroxyl groups is 1. The number of amides is 2. The van der Waals surface area contributed by atoms with Gasteiger partial charge in [-0.15, -0.1) is 0 Å². The van der Waals surface area contributed by atoms with Crippen LogP contribution in [0.1, 0.15) is 36.2 Å². The number of aromatic nitrogens is 1. The third kappa shape index (κ3) is 5.85. The number of halogens is 1. The van der Waals surface area contributed by atoms with Gasteiger partial charge in [0, 0.05) is 30.2 Å². The minimum absolute atomic E-state index is 0.109. The van der Waals surface area contributed by atoms with Gasteiger partial charge in [-0.2, -0.15) is 0 Å². The number of anilines is 2. The van der Waals surface area contributed by atoms with Gasteiger partial charge in [-0.1, -0.05) is 18.7 Å². The number of hydrogen-bond donors (Lipinski definition) is 4.